The van der Waals surface area contributed by atoms with Gasteiger partial charge >= 0.3 is 18.9 Å². The molecule has 70 heavy (non-hydrogen) atoms. The minimum Gasteiger partial charge on any atom is -0.545 e. The van der Waals surface area contributed by atoms with Gasteiger partial charge in [0.1, 0.15) is 23.3 Å². The number of hydrogen-bond acceptors (Lipinski definition) is 14. The number of nitrogens with zero attached hydrogens (tertiary/aromatic N) is 4. The molecule has 0 bridgehead atoms. The zero-order valence-electron chi connectivity index (χ0n) is 38.0. The van der Waals surface area contributed by atoms with Crippen molar-refractivity contribution in [1.82, 2.24) is 25.3 Å². The Morgan fingerprint density at radius 1 is 0.700 bits per heavy atom. The van der Waals surface area contributed by atoms with E-state index in [1.165, 1.54) is 73.2 Å². The van der Waals surface area contributed by atoms with Crippen LogP contribution in [-0.2, 0) is 0 Å². The summed E-state index contributed by atoms with van der Waals surface area (Å²) < 4.78 is 28.7. The van der Waals surface area contributed by atoms with Crippen molar-refractivity contribution in [2.24, 2.45) is 5.73 Å². The number of aromatic amines is 2. The number of rotatable bonds is 13. The van der Waals surface area contributed by atoms with Gasteiger partial charge in [-0.25, -0.2) is 8.78 Å². The second-order valence-electron chi connectivity index (χ2n) is 14.7. The molecule has 0 fully saturated rings. The number of aromatic nitrogens is 4. The third kappa shape index (κ3) is 18.0. The molecular weight excluding hydrogens is 985 g/mol. The van der Waals surface area contributed by atoms with Gasteiger partial charge in [0.2, 0.25) is 0 Å². The van der Waals surface area contributed by atoms with Crippen LogP contribution in [0.15, 0.2) is 95.0 Å². The van der Waals surface area contributed by atoms with E-state index >= 15 is 0 Å². The summed E-state index contributed by atoms with van der Waals surface area (Å²) in [5, 5.41) is 37.9. The average Bonchev–Trinajstić information content (AvgIpc) is 3.26. The molecule has 1 amide bonds. The van der Waals surface area contributed by atoms with E-state index in [1.54, 1.807) is 57.9 Å². The van der Waals surface area contributed by atoms with Gasteiger partial charge in [0.05, 0.1) is 58.6 Å². The van der Waals surface area contributed by atoms with Gasteiger partial charge in [0, 0.05) is 91.8 Å². The summed E-state index contributed by atoms with van der Waals surface area (Å²) in [6, 6.07) is 13.3. The fourth-order valence-corrected chi connectivity index (χ4v) is 6.08. The molecule has 4 heterocycles. The second-order valence-corrected chi connectivity index (χ2v) is 15.6. The SMILES string of the molecule is C.C.CC(CO)NC(=O)c1cnccc1Nc1cc(-c2cc(Cl)ccc2F)c(=O)[nH]c1N(C)C.CN(C)c1[nH]c(=O)c(-c2cc(Cl)ccc2F)cc1Nc1ccncc1C(=O)[O-].C[C@H](N)CO.S.S.[Li+]. The smallest absolute Gasteiger partial charge is 0.545 e. The number of carboxylic acid groups (broad SMARTS) is 1. The molecular formula is C46H59Cl2F2LiN10O7S2. The van der Waals surface area contributed by atoms with Crippen molar-refractivity contribution in [1.29, 1.82) is 0 Å². The van der Waals surface area contributed by atoms with Crippen LogP contribution in [0.3, 0.4) is 0 Å². The molecule has 17 nitrogen and oxygen atoms in total. The third-order valence-corrected chi connectivity index (χ3v) is 9.43. The first kappa shape index (κ1) is 66.5. The minimum absolute atomic E-state index is 0. The molecule has 24 heteroatoms. The van der Waals surface area contributed by atoms with Crippen molar-refractivity contribution in [2.45, 2.75) is 40.8 Å². The first-order valence-corrected chi connectivity index (χ1v) is 20.2. The number of hydrogen-bond donors (Lipinski definition) is 8. The van der Waals surface area contributed by atoms with Gasteiger partial charge in [-0.3, -0.25) is 24.4 Å². The monoisotopic (exact) mass is 1040 g/mol. The van der Waals surface area contributed by atoms with Crippen molar-refractivity contribution in [3.05, 3.63) is 139 Å². The molecule has 0 spiro atoms. The molecule has 0 radical (unpaired) electrons. The molecule has 9 N–H and O–H groups in total. The Balaban J connectivity index is 0. The maximum absolute atomic E-state index is 14.5. The predicted molar refractivity (Wildman–Crippen MR) is 282 cm³/mol. The van der Waals surface area contributed by atoms with E-state index in [1.807, 2.05) is 0 Å². The topological polar surface area (TPSA) is 258 Å². The summed E-state index contributed by atoms with van der Waals surface area (Å²) in [6.07, 6.45) is 5.46. The summed E-state index contributed by atoms with van der Waals surface area (Å²) in [6.45, 7) is 3.29. The number of pyridine rings is 4. The van der Waals surface area contributed by atoms with Crippen LogP contribution in [0, 0.1) is 11.6 Å². The van der Waals surface area contributed by atoms with Crippen LogP contribution in [0.1, 0.15) is 49.4 Å². The maximum atomic E-state index is 14.5. The first-order chi connectivity index (χ1) is 30.7. The van der Waals surface area contributed by atoms with E-state index < -0.39 is 40.7 Å². The molecule has 0 aliphatic carbocycles. The van der Waals surface area contributed by atoms with E-state index in [9.17, 15) is 38.2 Å². The molecule has 0 aliphatic rings. The Morgan fingerprint density at radius 3 is 1.44 bits per heavy atom. The zero-order valence-corrected chi connectivity index (χ0v) is 41.5. The summed E-state index contributed by atoms with van der Waals surface area (Å²) in [5.74, 6) is -2.25. The quantitative estimate of drug-likeness (QED) is 0.0773. The molecule has 0 saturated carbocycles. The molecule has 6 aromatic rings. The van der Waals surface area contributed by atoms with Crippen LogP contribution in [-0.4, -0.2) is 95.5 Å². The van der Waals surface area contributed by atoms with Crippen LogP contribution < -0.4 is 66.6 Å². The van der Waals surface area contributed by atoms with Crippen molar-refractivity contribution in [2.75, 3.05) is 61.8 Å². The van der Waals surface area contributed by atoms with Crippen molar-refractivity contribution in [3.8, 4) is 22.3 Å². The van der Waals surface area contributed by atoms with Gasteiger partial charge in [-0.1, -0.05) is 38.1 Å². The van der Waals surface area contributed by atoms with Crippen LogP contribution in [0.25, 0.3) is 22.3 Å². The summed E-state index contributed by atoms with van der Waals surface area (Å²) in [7, 11) is 6.86. The van der Waals surface area contributed by atoms with E-state index in [-0.39, 0.29) is 129 Å². The van der Waals surface area contributed by atoms with Crippen LogP contribution in [0.2, 0.25) is 10.0 Å². The average molecular weight is 1040 g/mol. The van der Waals surface area contributed by atoms with Gasteiger partial charge < -0.3 is 61.6 Å². The van der Waals surface area contributed by atoms with Gasteiger partial charge in [-0.15, -0.1) is 0 Å². The van der Waals surface area contributed by atoms with Crippen molar-refractivity contribution in [3.63, 3.8) is 0 Å². The zero-order chi connectivity index (χ0) is 48.1. The number of aliphatic hydroxyl groups excluding tert-OH is 2. The Hall–Kier alpha value is -5.60. The second kappa shape index (κ2) is 30.9. The van der Waals surface area contributed by atoms with E-state index in [4.69, 9.17) is 34.0 Å². The number of aromatic carboxylic acids is 1. The fourth-order valence-electron chi connectivity index (χ4n) is 5.73. The Labute approximate surface area is 441 Å². The van der Waals surface area contributed by atoms with Crippen LogP contribution in [0.4, 0.5) is 43.2 Å². The standard InChI is InChI=1S/C22H23ClFN5O3.C19H16ClFN4O3.C3H9NO.2CH4.Li.2H2S/c1-12(11-30)26-22(32)16-10-25-7-6-18(16)27-19-9-15(21(31)28-20(19)29(2)3)14-8-13(23)4-5-17(14)24;1-25(2)17-16(23-15-5-6-22-9-13(15)19(27)28)8-12(18(26)24-17)11-7-10(20)3-4-14(11)21;1-3(4)2-5;;;;;/h4-10,12,30H,11H2,1-3H3,(H,25,27)(H,26,32)(H,28,31);3-9H,1-2H3,(H,22,23)(H,24,26)(H,27,28);3,5H,2,4H2,1H3;2*1H4;;2*1H2/q;;;;;+1;;/p-1/t;;3-;;;;;/m..0...../s1. The van der Waals surface area contributed by atoms with Gasteiger partial charge in [0.15, 0.2) is 0 Å². The van der Waals surface area contributed by atoms with Gasteiger partial charge in [-0.2, -0.15) is 27.0 Å². The van der Waals surface area contributed by atoms with E-state index in [2.05, 4.69) is 35.9 Å². The Morgan fingerprint density at radius 2 is 1.09 bits per heavy atom. The number of carboxylic acids is 1. The van der Waals surface area contributed by atoms with Crippen LogP contribution in [0.5, 0.6) is 0 Å². The number of H-pyrrole nitrogens is 2. The number of benzene rings is 2. The number of anilines is 6. The Kier molecular flexibility index (Phi) is 29.3. The number of nitrogens with one attached hydrogen (secondary N) is 5. The minimum atomic E-state index is -1.41. The van der Waals surface area contributed by atoms with E-state index in [0.717, 1.165) is 6.20 Å². The number of aliphatic hydroxyl groups is 2. The largest absolute Gasteiger partial charge is 1.00 e. The molecule has 6 rings (SSSR count). The molecule has 1 unspecified atom stereocenters. The summed E-state index contributed by atoms with van der Waals surface area (Å²) >= 11 is 12.0. The number of carbonyl (C=O) groups is 2. The number of carbonyl (C=O) groups excluding carboxylic acids is 2. The molecule has 0 saturated heterocycles. The summed E-state index contributed by atoms with van der Waals surface area (Å²) in [4.78, 5) is 65.8. The normalized spacial score (nSPS) is 10.6. The van der Waals surface area contributed by atoms with Crippen molar-refractivity contribution >= 4 is 96.5 Å². The Bertz CT molecular complexity index is 2770. The first-order valence-electron chi connectivity index (χ1n) is 19.5. The third-order valence-electron chi connectivity index (χ3n) is 8.96. The number of amides is 1. The van der Waals surface area contributed by atoms with Gasteiger partial charge in [-0.05, 0) is 74.5 Å². The fraction of sp³-hybridized carbons (Fsp3) is 0.261. The van der Waals surface area contributed by atoms with Gasteiger partial charge in [0.25, 0.3) is 17.0 Å². The number of halogens is 4. The molecule has 2 atom stereocenters. The van der Waals surface area contributed by atoms with Crippen LogP contribution >= 0.6 is 50.2 Å². The molecule has 376 valence electrons. The van der Waals surface area contributed by atoms with Crippen molar-refractivity contribution < 1.29 is 52.6 Å². The summed E-state index contributed by atoms with van der Waals surface area (Å²) in [5.41, 5.74) is 5.70. The van der Waals surface area contributed by atoms with E-state index in [0.29, 0.717) is 28.7 Å². The molecule has 2 aromatic carbocycles. The molecule has 0 aliphatic heterocycles. The predicted octanol–water partition coefficient (Wildman–Crippen LogP) is 3.38. The number of nitrogens with two attached hydrogens (primary N) is 1. The molecule has 4 aromatic heterocycles. The maximum Gasteiger partial charge on any atom is 1.00 e.